The summed E-state index contributed by atoms with van der Waals surface area (Å²) in [5.74, 6) is -0.273. The van der Waals surface area contributed by atoms with Crippen LogP contribution < -0.4 is 5.32 Å². The summed E-state index contributed by atoms with van der Waals surface area (Å²) in [5.41, 5.74) is 3.12. The van der Waals surface area contributed by atoms with Gasteiger partial charge in [0, 0.05) is 12.8 Å². The molecular formula is C19H22N4O3. The van der Waals surface area contributed by atoms with E-state index in [-0.39, 0.29) is 19.1 Å². The number of ether oxygens (including phenoxy) is 1. The molecule has 0 radical (unpaired) electrons. The van der Waals surface area contributed by atoms with E-state index in [1.54, 1.807) is 6.92 Å². The Morgan fingerprint density at radius 2 is 2.00 bits per heavy atom. The highest BCUT2D eigenvalue weighted by Crippen LogP contribution is 2.30. The van der Waals surface area contributed by atoms with Crippen LogP contribution in [0.25, 0.3) is 5.69 Å². The maximum Gasteiger partial charge on any atom is 0.325 e. The molecule has 4 rings (SSSR count). The first-order chi connectivity index (χ1) is 12.5. The lowest BCUT2D eigenvalue weighted by atomic mass is 10.0. The Kier molecular flexibility index (Phi) is 4.03. The fourth-order valence-corrected chi connectivity index (χ4v) is 3.85. The van der Waals surface area contributed by atoms with E-state index in [0.29, 0.717) is 0 Å². The number of nitrogens with zero attached hydrogens (tertiary/aromatic N) is 3. The van der Waals surface area contributed by atoms with Crippen molar-refractivity contribution in [1.29, 1.82) is 0 Å². The lowest BCUT2D eigenvalue weighted by Crippen LogP contribution is -2.47. The van der Waals surface area contributed by atoms with Gasteiger partial charge in [0.2, 0.25) is 0 Å². The number of hydrogen-bond acceptors (Lipinski definition) is 4. The van der Waals surface area contributed by atoms with Crippen molar-refractivity contribution in [3.63, 3.8) is 0 Å². The molecule has 1 aromatic heterocycles. The average Bonchev–Trinajstić information content (AvgIpc) is 3.27. The molecule has 1 fully saturated rings. The fraction of sp³-hybridized carbons (Fsp3) is 0.421. The third kappa shape index (κ3) is 2.59. The molecule has 0 bridgehead atoms. The number of methoxy groups -OCH3 is 1. The molecule has 1 atom stereocenters. The number of nitrogens with one attached hydrogen (secondary N) is 1. The molecule has 1 unspecified atom stereocenters. The molecule has 0 saturated carbocycles. The third-order valence-electron chi connectivity index (χ3n) is 5.10. The van der Waals surface area contributed by atoms with Crippen LogP contribution >= 0.6 is 0 Å². The zero-order valence-corrected chi connectivity index (χ0v) is 15.0. The number of hydrogen-bond donors (Lipinski definition) is 1. The van der Waals surface area contributed by atoms with Crippen LogP contribution in [0.1, 0.15) is 30.3 Å². The first-order valence-electron chi connectivity index (χ1n) is 8.81. The predicted octanol–water partition coefficient (Wildman–Crippen LogP) is 1.82. The minimum atomic E-state index is -1.02. The number of rotatable bonds is 5. The Hall–Kier alpha value is -2.67. The molecule has 1 aliphatic heterocycles. The molecule has 1 saturated heterocycles. The van der Waals surface area contributed by atoms with Crippen LogP contribution in [0.3, 0.4) is 0 Å². The minimum Gasteiger partial charge on any atom is -0.382 e. The Balaban J connectivity index is 1.66. The van der Waals surface area contributed by atoms with Gasteiger partial charge in [0.25, 0.3) is 5.91 Å². The van der Waals surface area contributed by atoms with E-state index in [1.807, 2.05) is 35.0 Å². The smallest absolute Gasteiger partial charge is 0.325 e. The Morgan fingerprint density at radius 1 is 1.23 bits per heavy atom. The summed E-state index contributed by atoms with van der Waals surface area (Å²) < 4.78 is 7.05. The van der Waals surface area contributed by atoms with Gasteiger partial charge in [-0.15, -0.1) is 0 Å². The van der Waals surface area contributed by atoms with Crippen LogP contribution in [0.2, 0.25) is 0 Å². The molecule has 3 amide bonds. The number of amides is 3. The number of urea groups is 1. The van der Waals surface area contributed by atoms with Crippen molar-refractivity contribution in [2.45, 2.75) is 38.3 Å². The van der Waals surface area contributed by atoms with E-state index in [0.717, 1.165) is 36.2 Å². The average molecular weight is 354 g/mol. The van der Waals surface area contributed by atoms with Crippen molar-refractivity contribution in [1.82, 2.24) is 20.0 Å². The van der Waals surface area contributed by atoms with Crippen molar-refractivity contribution >= 4 is 11.9 Å². The maximum absolute atomic E-state index is 12.7. The standard InChI is InChI=1S/C19H22N4O3/c1-19(12-26-2)17(24)22(18(25)20-19)11-15-14-9-6-10-16(14)23(21-15)13-7-4-3-5-8-13/h3-5,7-8H,6,9-12H2,1-2H3,(H,20,25). The van der Waals surface area contributed by atoms with Gasteiger partial charge in [-0.1, -0.05) is 18.2 Å². The molecule has 1 aromatic carbocycles. The fourth-order valence-electron chi connectivity index (χ4n) is 3.85. The van der Waals surface area contributed by atoms with Gasteiger partial charge >= 0.3 is 6.03 Å². The Morgan fingerprint density at radius 3 is 2.73 bits per heavy atom. The predicted molar refractivity (Wildman–Crippen MR) is 95.0 cm³/mol. The van der Waals surface area contributed by atoms with E-state index < -0.39 is 11.6 Å². The van der Waals surface area contributed by atoms with Crippen molar-refractivity contribution in [3.8, 4) is 5.69 Å². The van der Waals surface area contributed by atoms with Crippen molar-refractivity contribution in [2.24, 2.45) is 0 Å². The summed E-state index contributed by atoms with van der Waals surface area (Å²) in [6.45, 7) is 2.01. The van der Waals surface area contributed by atoms with Gasteiger partial charge in [-0.25, -0.2) is 9.48 Å². The summed E-state index contributed by atoms with van der Waals surface area (Å²) in [5, 5.41) is 7.48. The monoisotopic (exact) mass is 354 g/mol. The number of imide groups is 1. The Labute approximate surface area is 151 Å². The summed E-state index contributed by atoms with van der Waals surface area (Å²) in [4.78, 5) is 26.3. The van der Waals surface area contributed by atoms with Gasteiger partial charge in [-0.2, -0.15) is 5.10 Å². The van der Waals surface area contributed by atoms with Crippen molar-refractivity contribution in [2.75, 3.05) is 13.7 Å². The maximum atomic E-state index is 12.7. The lowest BCUT2D eigenvalue weighted by Gasteiger charge is -2.20. The minimum absolute atomic E-state index is 0.143. The van der Waals surface area contributed by atoms with E-state index >= 15 is 0 Å². The molecule has 2 aromatic rings. The highest BCUT2D eigenvalue weighted by atomic mass is 16.5. The van der Waals surface area contributed by atoms with Gasteiger partial charge < -0.3 is 10.1 Å². The van der Waals surface area contributed by atoms with Crippen molar-refractivity contribution in [3.05, 3.63) is 47.3 Å². The second-order valence-electron chi connectivity index (χ2n) is 7.06. The molecule has 1 aliphatic carbocycles. The second kappa shape index (κ2) is 6.25. The van der Waals surface area contributed by atoms with E-state index in [1.165, 1.54) is 17.7 Å². The second-order valence-corrected chi connectivity index (χ2v) is 7.06. The largest absolute Gasteiger partial charge is 0.382 e. The highest BCUT2D eigenvalue weighted by Gasteiger charge is 2.48. The van der Waals surface area contributed by atoms with Gasteiger partial charge in [0.1, 0.15) is 5.54 Å². The SMILES string of the molecule is COCC1(C)NC(=O)N(Cc2nn(-c3ccccc3)c3c2CCC3)C1=O. The number of carbonyl (C=O) groups excluding carboxylic acids is 2. The van der Waals surface area contributed by atoms with E-state index in [9.17, 15) is 9.59 Å². The van der Waals surface area contributed by atoms with Crippen LogP contribution in [-0.2, 0) is 28.9 Å². The first-order valence-corrected chi connectivity index (χ1v) is 8.81. The summed E-state index contributed by atoms with van der Waals surface area (Å²) in [6.07, 6.45) is 2.95. The van der Waals surface area contributed by atoms with Gasteiger partial charge in [-0.05, 0) is 43.9 Å². The molecule has 26 heavy (non-hydrogen) atoms. The van der Waals surface area contributed by atoms with Crippen LogP contribution in [0, 0.1) is 0 Å². The van der Waals surface area contributed by atoms with Crippen LogP contribution in [-0.4, -0.2) is 45.9 Å². The zero-order valence-electron chi connectivity index (χ0n) is 15.0. The third-order valence-corrected chi connectivity index (χ3v) is 5.10. The molecule has 136 valence electrons. The van der Waals surface area contributed by atoms with Gasteiger partial charge in [0.15, 0.2) is 0 Å². The van der Waals surface area contributed by atoms with Crippen LogP contribution in [0.5, 0.6) is 0 Å². The summed E-state index contributed by atoms with van der Waals surface area (Å²) >= 11 is 0. The molecular weight excluding hydrogens is 332 g/mol. The van der Waals surface area contributed by atoms with Crippen LogP contribution in [0.15, 0.2) is 30.3 Å². The van der Waals surface area contributed by atoms with Gasteiger partial charge in [0.05, 0.1) is 24.5 Å². The quantitative estimate of drug-likeness (QED) is 0.831. The zero-order chi connectivity index (χ0) is 18.3. The molecule has 1 N–H and O–H groups in total. The van der Waals surface area contributed by atoms with Crippen LogP contribution in [0.4, 0.5) is 4.79 Å². The molecule has 7 heteroatoms. The molecule has 7 nitrogen and oxygen atoms in total. The number of para-hydroxylation sites is 1. The van der Waals surface area contributed by atoms with E-state index in [2.05, 4.69) is 5.32 Å². The summed E-state index contributed by atoms with van der Waals surface area (Å²) in [6, 6.07) is 9.56. The number of fused-ring (bicyclic) bond motifs is 1. The Bertz CT molecular complexity index is 861. The number of carbonyl (C=O) groups is 2. The van der Waals surface area contributed by atoms with Crippen molar-refractivity contribution < 1.29 is 14.3 Å². The molecule has 2 heterocycles. The normalized spacial score (nSPS) is 22.0. The topological polar surface area (TPSA) is 76.5 Å². The molecule has 2 aliphatic rings. The van der Waals surface area contributed by atoms with E-state index in [4.69, 9.17) is 9.84 Å². The van der Waals surface area contributed by atoms with Gasteiger partial charge in [-0.3, -0.25) is 9.69 Å². The highest BCUT2D eigenvalue weighted by molar-refractivity contribution is 6.06. The summed E-state index contributed by atoms with van der Waals surface area (Å²) in [7, 11) is 1.52. The lowest BCUT2D eigenvalue weighted by molar-refractivity contribution is -0.132. The number of benzene rings is 1. The molecule has 0 spiro atoms. The number of aromatic nitrogens is 2. The first kappa shape index (κ1) is 16.8.